The summed E-state index contributed by atoms with van der Waals surface area (Å²) in [6.07, 6.45) is 4.70. The van der Waals surface area contributed by atoms with Crippen molar-refractivity contribution in [1.82, 2.24) is 5.32 Å². The highest BCUT2D eigenvalue weighted by atomic mass is 16.6. The van der Waals surface area contributed by atoms with E-state index < -0.39 is 6.09 Å². The highest BCUT2D eigenvalue weighted by molar-refractivity contribution is 6.04. The first-order valence-corrected chi connectivity index (χ1v) is 6.57. The Kier molecular flexibility index (Phi) is 4.39. The van der Waals surface area contributed by atoms with Crippen molar-refractivity contribution in [2.75, 3.05) is 5.73 Å². The van der Waals surface area contributed by atoms with Crippen molar-refractivity contribution in [2.24, 2.45) is 0 Å². The Hall–Kier alpha value is -2.04. The first-order chi connectivity index (χ1) is 9.15. The number of alkyl carbamates (subject to hydrolysis) is 1. The minimum Gasteiger partial charge on any atom is -0.446 e. The average molecular weight is 261 g/mol. The molecule has 1 aromatic rings. The molecule has 0 saturated heterocycles. The van der Waals surface area contributed by atoms with Crippen LogP contribution in [-0.2, 0) is 4.74 Å². The highest BCUT2D eigenvalue weighted by Gasteiger charge is 2.18. The first kappa shape index (κ1) is 13.4. The van der Waals surface area contributed by atoms with Gasteiger partial charge in [-0.2, -0.15) is 0 Å². The van der Waals surface area contributed by atoms with E-state index in [0.717, 1.165) is 25.7 Å². The molecule has 1 aromatic carbocycles. The summed E-state index contributed by atoms with van der Waals surface area (Å²) in [6.45, 7) is 0. The highest BCUT2D eigenvalue weighted by Crippen LogP contribution is 2.20. The molecule has 102 valence electrons. The second kappa shape index (κ2) is 6.22. The van der Waals surface area contributed by atoms with Gasteiger partial charge in [0.25, 0.3) is 0 Å². The molecule has 0 aromatic heterocycles. The maximum atomic E-state index is 11.7. The molecule has 0 heterocycles. The number of hydrogen-bond donors (Lipinski definition) is 3. The number of nitrogens with two attached hydrogens (primary N) is 1. The van der Waals surface area contributed by atoms with Crippen LogP contribution in [0, 0.1) is 5.41 Å². The van der Waals surface area contributed by atoms with Crippen molar-refractivity contribution in [2.45, 2.75) is 38.2 Å². The number of hydrogen-bond acceptors (Lipinski definition) is 4. The predicted molar refractivity (Wildman–Crippen MR) is 74.2 cm³/mol. The van der Waals surface area contributed by atoms with E-state index in [2.05, 4.69) is 5.32 Å². The van der Waals surface area contributed by atoms with E-state index in [9.17, 15) is 4.79 Å². The van der Waals surface area contributed by atoms with Gasteiger partial charge in [0.2, 0.25) is 0 Å². The van der Waals surface area contributed by atoms with Gasteiger partial charge >= 0.3 is 6.09 Å². The molecule has 0 radical (unpaired) electrons. The summed E-state index contributed by atoms with van der Waals surface area (Å²) in [5.74, 6) is 0.0285. The normalized spacial score (nSPS) is 15.8. The van der Waals surface area contributed by atoms with Gasteiger partial charge < -0.3 is 10.5 Å². The lowest BCUT2D eigenvalue weighted by atomic mass is 9.98. The average Bonchev–Trinajstić information content (AvgIpc) is 2.40. The topological polar surface area (TPSA) is 88.2 Å². The molecule has 19 heavy (non-hydrogen) atoms. The van der Waals surface area contributed by atoms with E-state index in [1.165, 1.54) is 6.42 Å². The Labute approximate surface area is 112 Å². The zero-order chi connectivity index (χ0) is 13.7. The van der Waals surface area contributed by atoms with Crippen molar-refractivity contribution < 1.29 is 9.53 Å². The summed E-state index contributed by atoms with van der Waals surface area (Å²) < 4.78 is 5.29. The maximum absolute atomic E-state index is 11.7. The van der Waals surface area contributed by atoms with Crippen LogP contribution in [0.25, 0.3) is 0 Å². The molecule has 1 saturated carbocycles. The third kappa shape index (κ3) is 3.98. The van der Waals surface area contributed by atoms with E-state index >= 15 is 0 Å². The van der Waals surface area contributed by atoms with Crippen molar-refractivity contribution >= 4 is 17.6 Å². The van der Waals surface area contributed by atoms with Crippen LogP contribution in [0.4, 0.5) is 10.5 Å². The quantitative estimate of drug-likeness (QED) is 0.434. The number of nitrogens with one attached hydrogen (secondary N) is 2. The number of ether oxygens (including phenoxy) is 1. The van der Waals surface area contributed by atoms with Crippen LogP contribution in [0.5, 0.6) is 0 Å². The molecular weight excluding hydrogens is 242 g/mol. The minimum absolute atomic E-state index is 0.00651. The number of anilines is 1. The molecule has 0 spiro atoms. The smallest absolute Gasteiger partial charge is 0.413 e. The fraction of sp³-hybridized carbons (Fsp3) is 0.429. The fourth-order valence-corrected chi connectivity index (χ4v) is 2.19. The van der Waals surface area contributed by atoms with E-state index in [4.69, 9.17) is 15.9 Å². The van der Waals surface area contributed by atoms with Crippen molar-refractivity contribution in [3.8, 4) is 0 Å². The van der Waals surface area contributed by atoms with Gasteiger partial charge in [-0.05, 0) is 49.9 Å². The molecule has 0 unspecified atom stereocenters. The van der Waals surface area contributed by atoms with Crippen LogP contribution >= 0.6 is 0 Å². The molecule has 1 amide bonds. The molecule has 5 nitrogen and oxygen atoms in total. The van der Waals surface area contributed by atoms with Crippen molar-refractivity contribution in [1.29, 1.82) is 5.41 Å². The summed E-state index contributed by atoms with van der Waals surface area (Å²) in [5.41, 5.74) is 6.80. The monoisotopic (exact) mass is 261 g/mol. The number of carbonyl (C=O) groups excluding carboxylic acids is 1. The van der Waals surface area contributed by atoms with Gasteiger partial charge in [0.05, 0.1) is 0 Å². The number of rotatable bonds is 2. The second-order valence-electron chi connectivity index (χ2n) is 4.79. The number of benzene rings is 1. The summed E-state index contributed by atoms with van der Waals surface area (Å²) >= 11 is 0. The van der Waals surface area contributed by atoms with Gasteiger partial charge in [-0.1, -0.05) is 6.42 Å². The lowest BCUT2D eigenvalue weighted by Crippen LogP contribution is -2.34. The summed E-state index contributed by atoms with van der Waals surface area (Å²) in [6, 6.07) is 6.77. The van der Waals surface area contributed by atoms with E-state index in [0.29, 0.717) is 11.3 Å². The molecular formula is C14H19N3O2. The summed E-state index contributed by atoms with van der Waals surface area (Å²) in [7, 11) is 0. The lowest BCUT2D eigenvalue weighted by Gasteiger charge is -2.21. The molecule has 0 atom stereocenters. The second-order valence-corrected chi connectivity index (χ2v) is 4.79. The molecule has 5 heteroatoms. The van der Waals surface area contributed by atoms with Gasteiger partial charge in [0.1, 0.15) is 11.9 Å². The van der Waals surface area contributed by atoms with E-state index in [1.54, 1.807) is 24.3 Å². The standard InChI is InChI=1S/C14H19N3O2/c15-11-8-6-10(7-9-11)13(16)17-14(18)19-12-4-2-1-3-5-12/h6-9,12H,1-5,15H2,(H2,16,17,18). The molecule has 1 aliphatic carbocycles. The van der Waals surface area contributed by atoms with Crippen LogP contribution in [0.15, 0.2) is 24.3 Å². The van der Waals surface area contributed by atoms with Crippen molar-refractivity contribution in [3.05, 3.63) is 29.8 Å². The molecule has 0 bridgehead atoms. The van der Waals surface area contributed by atoms with Crippen LogP contribution < -0.4 is 11.1 Å². The first-order valence-electron chi connectivity index (χ1n) is 6.57. The molecule has 1 aliphatic rings. The van der Waals surface area contributed by atoms with Crippen LogP contribution in [0.2, 0.25) is 0 Å². The fourth-order valence-electron chi connectivity index (χ4n) is 2.19. The predicted octanol–water partition coefficient (Wildman–Crippen LogP) is 2.65. The van der Waals surface area contributed by atoms with Crippen LogP contribution in [-0.4, -0.2) is 18.0 Å². The number of amides is 1. The number of amidine groups is 1. The van der Waals surface area contributed by atoms with E-state index in [1.807, 2.05) is 0 Å². The van der Waals surface area contributed by atoms with Crippen LogP contribution in [0.3, 0.4) is 0 Å². The zero-order valence-corrected chi connectivity index (χ0v) is 10.8. The van der Waals surface area contributed by atoms with Gasteiger partial charge in [0.15, 0.2) is 0 Å². The molecule has 1 fully saturated rings. The third-order valence-electron chi connectivity index (χ3n) is 3.25. The Morgan fingerprint density at radius 2 is 1.84 bits per heavy atom. The van der Waals surface area contributed by atoms with E-state index in [-0.39, 0.29) is 11.9 Å². The van der Waals surface area contributed by atoms with Gasteiger partial charge in [-0.15, -0.1) is 0 Å². The maximum Gasteiger partial charge on any atom is 0.413 e. The minimum atomic E-state index is -0.547. The Bertz CT molecular complexity index is 450. The molecule has 4 N–H and O–H groups in total. The van der Waals surface area contributed by atoms with Gasteiger partial charge in [-0.3, -0.25) is 10.7 Å². The molecule has 0 aliphatic heterocycles. The van der Waals surface area contributed by atoms with Gasteiger partial charge in [-0.25, -0.2) is 4.79 Å². The van der Waals surface area contributed by atoms with Gasteiger partial charge in [0, 0.05) is 11.3 Å². The Balaban J connectivity index is 1.84. The lowest BCUT2D eigenvalue weighted by molar-refractivity contribution is 0.0791. The van der Waals surface area contributed by atoms with Crippen molar-refractivity contribution in [3.63, 3.8) is 0 Å². The SMILES string of the molecule is N=C(NC(=O)OC1CCCCC1)c1ccc(N)cc1. The summed E-state index contributed by atoms with van der Waals surface area (Å²) in [4.78, 5) is 11.7. The molecule has 2 rings (SSSR count). The van der Waals surface area contributed by atoms with Crippen LogP contribution in [0.1, 0.15) is 37.7 Å². The number of carbonyl (C=O) groups is 1. The largest absolute Gasteiger partial charge is 0.446 e. The summed E-state index contributed by atoms with van der Waals surface area (Å²) in [5, 5.41) is 10.2. The number of nitrogen functional groups attached to an aromatic ring is 1. The zero-order valence-electron chi connectivity index (χ0n) is 10.8. The Morgan fingerprint density at radius 3 is 2.47 bits per heavy atom. The Morgan fingerprint density at radius 1 is 1.21 bits per heavy atom. The third-order valence-corrected chi connectivity index (χ3v) is 3.25.